The highest BCUT2D eigenvalue weighted by molar-refractivity contribution is 6.30. The maximum atomic E-state index is 6.08. The Balaban J connectivity index is 1.70. The van der Waals surface area contributed by atoms with E-state index < -0.39 is 0 Å². The van der Waals surface area contributed by atoms with Crippen molar-refractivity contribution < 1.29 is 4.74 Å². The van der Waals surface area contributed by atoms with Crippen LogP contribution in [0.1, 0.15) is 24.4 Å². The molecule has 1 aromatic heterocycles. The highest BCUT2D eigenvalue weighted by Crippen LogP contribution is 2.23. The number of aryl methyl sites for hydroxylation is 1. The lowest BCUT2D eigenvalue weighted by Crippen LogP contribution is -2.46. The van der Waals surface area contributed by atoms with E-state index in [0.29, 0.717) is 6.54 Å². The molecule has 2 aromatic rings. The zero-order valence-electron chi connectivity index (χ0n) is 16.4. The lowest BCUT2D eigenvalue weighted by molar-refractivity contribution is 0.0170. The van der Waals surface area contributed by atoms with Crippen molar-refractivity contribution in [3.05, 3.63) is 47.0 Å². The van der Waals surface area contributed by atoms with Crippen molar-refractivity contribution in [3.8, 4) is 0 Å². The molecule has 0 amide bonds. The molecule has 1 atom stereocenters. The topological polar surface area (TPSA) is 79.6 Å². The first-order chi connectivity index (χ1) is 13.7. The van der Waals surface area contributed by atoms with Gasteiger partial charge >= 0.3 is 0 Å². The molecular formula is C19H28ClN7O. The first-order valence-corrected chi connectivity index (χ1v) is 9.97. The number of morpholine rings is 1. The summed E-state index contributed by atoms with van der Waals surface area (Å²) < 4.78 is 7.26. The molecule has 152 valence electrons. The Kier molecular flexibility index (Phi) is 7.64. The molecule has 9 heteroatoms. The van der Waals surface area contributed by atoms with Gasteiger partial charge in [-0.05, 0) is 24.6 Å². The first kappa shape index (κ1) is 20.6. The number of aromatic nitrogens is 3. The Morgan fingerprint density at radius 3 is 2.64 bits per heavy atom. The zero-order valence-corrected chi connectivity index (χ0v) is 17.2. The van der Waals surface area contributed by atoms with Gasteiger partial charge in [-0.3, -0.25) is 9.58 Å². The number of benzene rings is 1. The van der Waals surface area contributed by atoms with Crippen molar-refractivity contribution >= 4 is 17.6 Å². The highest BCUT2D eigenvalue weighted by atomic mass is 35.5. The van der Waals surface area contributed by atoms with E-state index in [4.69, 9.17) is 16.3 Å². The Labute approximate surface area is 170 Å². The number of rotatable bonds is 7. The quantitative estimate of drug-likeness (QED) is 0.538. The van der Waals surface area contributed by atoms with Gasteiger partial charge in [-0.2, -0.15) is 5.10 Å². The fourth-order valence-corrected chi connectivity index (χ4v) is 3.31. The summed E-state index contributed by atoms with van der Waals surface area (Å²) in [4.78, 5) is 11.3. The van der Waals surface area contributed by atoms with E-state index in [1.54, 1.807) is 11.0 Å². The van der Waals surface area contributed by atoms with E-state index in [0.717, 1.165) is 56.2 Å². The SMILES string of the molecule is CCNC(=NCc1ncnn1C)NCC(c1ccc(Cl)cc1)N1CCOCC1. The van der Waals surface area contributed by atoms with Gasteiger partial charge in [-0.25, -0.2) is 9.98 Å². The van der Waals surface area contributed by atoms with E-state index in [1.165, 1.54) is 5.56 Å². The molecule has 8 nitrogen and oxygen atoms in total. The second kappa shape index (κ2) is 10.4. The van der Waals surface area contributed by atoms with Gasteiger partial charge in [0.15, 0.2) is 5.96 Å². The normalized spacial score (nSPS) is 16.8. The van der Waals surface area contributed by atoms with Gasteiger partial charge in [-0.1, -0.05) is 23.7 Å². The summed E-state index contributed by atoms with van der Waals surface area (Å²) in [6, 6.07) is 8.27. The summed E-state index contributed by atoms with van der Waals surface area (Å²) in [6.07, 6.45) is 1.54. The van der Waals surface area contributed by atoms with Crippen LogP contribution in [0, 0.1) is 0 Å². The number of halogens is 1. The van der Waals surface area contributed by atoms with Crippen LogP contribution in [0.25, 0.3) is 0 Å². The molecule has 0 saturated carbocycles. The molecule has 0 spiro atoms. The Morgan fingerprint density at radius 1 is 1.25 bits per heavy atom. The molecular weight excluding hydrogens is 378 g/mol. The minimum Gasteiger partial charge on any atom is -0.379 e. The monoisotopic (exact) mass is 405 g/mol. The number of nitrogens with one attached hydrogen (secondary N) is 2. The van der Waals surface area contributed by atoms with Crippen molar-refractivity contribution in [1.29, 1.82) is 0 Å². The van der Waals surface area contributed by atoms with Crippen molar-refractivity contribution in [2.75, 3.05) is 39.4 Å². The first-order valence-electron chi connectivity index (χ1n) is 9.59. The molecule has 2 N–H and O–H groups in total. The van der Waals surface area contributed by atoms with Gasteiger partial charge in [0.25, 0.3) is 0 Å². The summed E-state index contributed by atoms with van der Waals surface area (Å²) in [5.41, 5.74) is 1.22. The van der Waals surface area contributed by atoms with Gasteiger partial charge in [0.1, 0.15) is 18.7 Å². The predicted molar refractivity (Wildman–Crippen MR) is 110 cm³/mol. The van der Waals surface area contributed by atoms with Crippen LogP contribution in [0.2, 0.25) is 5.02 Å². The van der Waals surface area contributed by atoms with E-state index in [1.807, 2.05) is 19.2 Å². The lowest BCUT2D eigenvalue weighted by Gasteiger charge is -2.35. The summed E-state index contributed by atoms with van der Waals surface area (Å²) >= 11 is 6.08. The summed E-state index contributed by atoms with van der Waals surface area (Å²) in [6.45, 7) is 7.35. The number of nitrogens with zero attached hydrogens (tertiary/aromatic N) is 5. The van der Waals surface area contributed by atoms with E-state index >= 15 is 0 Å². The molecule has 1 fully saturated rings. The maximum absolute atomic E-state index is 6.08. The van der Waals surface area contributed by atoms with Crippen LogP contribution in [0.15, 0.2) is 35.6 Å². The molecule has 0 aliphatic carbocycles. The number of ether oxygens (including phenoxy) is 1. The third-order valence-corrected chi connectivity index (χ3v) is 4.98. The summed E-state index contributed by atoms with van der Waals surface area (Å²) in [5, 5.41) is 11.6. The number of hydrogen-bond acceptors (Lipinski definition) is 5. The molecule has 1 aromatic carbocycles. The van der Waals surface area contributed by atoms with Crippen LogP contribution < -0.4 is 10.6 Å². The fourth-order valence-electron chi connectivity index (χ4n) is 3.18. The Bertz CT molecular complexity index is 756. The van der Waals surface area contributed by atoms with Gasteiger partial charge in [0.05, 0.1) is 19.3 Å². The standard InChI is InChI=1S/C19H28ClN7O/c1-3-21-19(23-13-18-24-14-25-26(18)2)22-12-17(27-8-10-28-11-9-27)15-4-6-16(20)7-5-15/h4-7,14,17H,3,8-13H2,1-2H3,(H2,21,22,23). The van der Waals surface area contributed by atoms with Gasteiger partial charge in [-0.15, -0.1) is 0 Å². The smallest absolute Gasteiger partial charge is 0.191 e. The molecule has 28 heavy (non-hydrogen) atoms. The molecule has 2 heterocycles. The van der Waals surface area contributed by atoms with Crippen LogP contribution in [0.3, 0.4) is 0 Å². The van der Waals surface area contributed by atoms with E-state index in [2.05, 4.69) is 49.7 Å². The maximum Gasteiger partial charge on any atom is 0.191 e. The molecule has 3 rings (SSSR count). The predicted octanol–water partition coefficient (Wildman–Crippen LogP) is 1.60. The van der Waals surface area contributed by atoms with Crippen LogP contribution >= 0.6 is 11.6 Å². The fraction of sp³-hybridized carbons (Fsp3) is 0.526. The van der Waals surface area contributed by atoms with Crippen LogP contribution in [-0.4, -0.2) is 65.0 Å². The summed E-state index contributed by atoms with van der Waals surface area (Å²) in [7, 11) is 1.87. The van der Waals surface area contributed by atoms with Crippen molar-refractivity contribution in [3.63, 3.8) is 0 Å². The lowest BCUT2D eigenvalue weighted by atomic mass is 10.0. The molecule has 0 bridgehead atoms. The number of guanidine groups is 1. The molecule has 1 saturated heterocycles. The largest absolute Gasteiger partial charge is 0.379 e. The second-order valence-electron chi connectivity index (χ2n) is 6.59. The second-order valence-corrected chi connectivity index (χ2v) is 7.03. The molecule has 0 radical (unpaired) electrons. The number of aliphatic imine (C=N–C) groups is 1. The van der Waals surface area contributed by atoms with Gasteiger partial charge in [0.2, 0.25) is 0 Å². The molecule has 1 unspecified atom stereocenters. The van der Waals surface area contributed by atoms with Gasteiger partial charge in [0, 0.05) is 38.2 Å². The Morgan fingerprint density at radius 2 is 2.00 bits per heavy atom. The van der Waals surface area contributed by atoms with Crippen LogP contribution in [0.4, 0.5) is 0 Å². The van der Waals surface area contributed by atoms with E-state index in [-0.39, 0.29) is 6.04 Å². The summed E-state index contributed by atoms with van der Waals surface area (Å²) in [5.74, 6) is 1.58. The van der Waals surface area contributed by atoms with Crippen molar-refractivity contribution in [2.24, 2.45) is 12.0 Å². The van der Waals surface area contributed by atoms with E-state index in [9.17, 15) is 0 Å². The molecule has 1 aliphatic heterocycles. The number of hydrogen-bond donors (Lipinski definition) is 2. The van der Waals surface area contributed by atoms with Crippen molar-refractivity contribution in [2.45, 2.75) is 19.5 Å². The van der Waals surface area contributed by atoms with Crippen LogP contribution in [-0.2, 0) is 18.3 Å². The highest BCUT2D eigenvalue weighted by Gasteiger charge is 2.23. The van der Waals surface area contributed by atoms with Crippen molar-refractivity contribution in [1.82, 2.24) is 30.3 Å². The Hall–Kier alpha value is -2.16. The van der Waals surface area contributed by atoms with Crippen LogP contribution in [0.5, 0.6) is 0 Å². The average Bonchev–Trinajstić information content (AvgIpc) is 3.13. The third-order valence-electron chi connectivity index (χ3n) is 4.73. The minimum atomic E-state index is 0.208. The average molecular weight is 406 g/mol. The third kappa shape index (κ3) is 5.67. The molecule has 1 aliphatic rings. The minimum absolute atomic E-state index is 0.208. The van der Waals surface area contributed by atoms with Gasteiger partial charge < -0.3 is 15.4 Å². The zero-order chi connectivity index (χ0) is 19.8.